The first-order chi connectivity index (χ1) is 10.3. The van der Waals surface area contributed by atoms with Gasteiger partial charge in [0.05, 0.1) is 5.69 Å². The fraction of sp³-hybridized carbons (Fsp3) is 0.765. The topological polar surface area (TPSA) is 41.0 Å². The van der Waals surface area contributed by atoms with Gasteiger partial charge in [0.1, 0.15) is 5.82 Å². The summed E-state index contributed by atoms with van der Waals surface area (Å²) in [5.41, 5.74) is 0.975. The van der Waals surface area contributed by atoms with Crippen molar-refractivity contribution in [1.82, 2.24) is 15.1 Å². The second-order valence-electron chi connectivity index (χ2n) is 6.81. The number of hydrogen-bond donors (Lipinski definition) is 1. The quantitative estimate of drug-likeness (QED) is 0.923. The van der Waals surface area contributed by atoms with Crippen molar-refractivity contribution in [2.45, 2.75) is 57.9 Å². The van der Waals surface area contributed by atoms with Gasteiger partial charge in [0.25, 0.3) is 0 Å². The first kappa shape index (κ1) is 14.8. The van der Waals surface area contributed by atoms with Crippen LogP contribution in [0.2, 0.25) is 0 Å². The van der Waals surface area contributed by atoms with Crippen molar-refractivity contribution in [2.24, 2.45) is 5.92 Å². The van der Waals surface area contributed by atoms with Crippen molar-refractivity contribution in [1.29, 1.82) is 0 Å². The monoisotopic (exact) mass is 288 g/mol. The lowest BCUT2D eigenvalue weighted by Crippen LogP contribution is -2.44. The van der Waals surface area contributed by atoms with Crippen LogP contribution in [-0.4, -0.2) is 40.8 Å². The van der Waals surface area contributed by atoms with E-state index in [0.29, 0.717) is 6.04 Å². The molecule has 0 unspecified atom stereocenters. The molecule has 1 aliphatic heterocycles. The van der Waals surface area contributed by atoms with Gasteiger partial charge >= 0.3 is 0 Å². The molecule has 0 amide bonds. The number of rotatable bonds is 4. The van der Waals surface area contributed by atoms with Gasteiger partial charge in [0.15, 0.2) is 0 Å². The summed E-state index contributed by atoms with van der Waals surface area (Å²) in [6, 6.07) is 4.60. The molecule has 1 saturated carbocycles. The second-order valence-corrected chi connectivity index (χ2v) is 6.81. The van der Waals surface area contributed by atoms with E-state index in [1.54, 1.807) is 0 Å². The van der Waals surface area contributed by atoms with Gasteiger partial charge in [-0.1, -0.05) is 19.3 Å². The van der Waals surface area contributed by atoms with Gasteiger partial charge in [0, 0.05) is 19.1 Å². The highest BCUT2D eigenvalue weighted by Crippen LogP contribution is 2.25. The molecule has 2 heterocycles. The number of nitrogens with one attached hydrogen (secondary N) is 1. The van der Waals surface area contributed by atoms with Crippen LogP contribution in [0.5, 0.6) is 0 Å². The summed E-state index contributed by atoms with van der Waals surface area (Å²) in [7, 11) is 0. The molecule has 2 aliphatic rings. The minimum absolute atomic E-state index is 0.527. The molecule has 1 saturated heterocycles. The van der Waals surface area contributed by atoms with E-state index in [4.69, 9.17) is 0 Å². The number of likely N-dealkylation sites (tertiary alicyclic amines) is 1. The van der Waals surface area contributed by atoms with E-state index in [1.807, 2.05) is 19.1 Å². The Morgan fingerprint density at radius 2 is 1.95 bits per heavy atom. The van der Waals surface area contributed by atoms with Gasteiger partial charge in [-0.25, -0.2) is 0 Å². The number of nitrogens with zero attached hydrogens (tertiary/aromatic N) is 3. The zero-order valence-electron chi connectivity index (χ0n) is 13.2. The molecule has 4 nitrogen and oxygen atoms in total. The second kappa shape index (κ2) is 7.21. The van der Waals surface area contributed by atoms with Gasteiger partial charge in [-0.3, -0.25) is 0 Å². The average Bonchev–Trinajstić information content (AvgIpc) is 2.51. The van der Waals surface area contributed by atoms with Crippen molar-refractivity contribution in [2.75, 3.05) is 25.0 Å². The summed E-state index contributed by atoms with van der Waals surface area (Å²) in [4.78, 5) is 2.67. The van der Waals surface area contributed by atoms with Gasteiger partial charge in [-0.05, 0) is 57.2 Å². The molecule has 1 aromatic rings. The molecule has 116 valence electrons. The Bertz CT molecular complexity index is 425. The summed E-state index contributed by atoms with van der Waals surface area (Å²) in [5.74, 6) is 1.86. The van der Waals surface area contributed by atoms with Crippen molar-refractivity contribution in [3.8, 4) is 0 Å². The van der Waals surface area contributed by atoms with Crippen LogP contribution in [0.3, 0.4) is 0 Å². The summed E-state index contributed by atoms with van der Waals surface area (Å²) in [6.07, 6.45) is 9.77. The van der Waals surface area contributed by atoms with E-state index in [9.17, 15) is 0 Å². The molecule has 1 N–H and O–H groups in total. The molecule has 1 aliphatic carbocycles. The van der Waals surface area contributed by atoms with Crippen molar-refractivity contribution in [3.63, 3.8) is 0 Å². The lowest BCUT2D eigenvalue weighted by atomic mass is 9.88. The van der Waals surface area contributed by atoms with Gasteiger partial charge in [-0.2, -0.15) is 5.10 Å². The fourth-order valence-electron chi connectivity index (χ4n) is 3.76. The highest BCUT2D eigenvalue weighted by atomic mass is 15.2. The Hall–Kier alpha value is -1.16. The molecule has 21 heavy (non-hydrogen) atoms. The molecular weight excluding hydrogens is 260 g/mol. The first-order valence-electron chi connectivity index (χ1n) is 8.59. The molecule has 2 fully saturated rings. The van der Waals surface area contributed by atoms with Gasteiger partial charge in [0.2, 0.25) is 0 Å². The van der Waals surface area contributed by atoms with Gasteiger partial charge in [-0.15, -0.1) is 5.10 Å². The Morgan fingerprint density at radius 1 is 1.10 bits per heavy atom. The van der Waals surface area contributed by atoms with E-state index < -0.39 is 0 Å². The Labute approximate surface area is 128 Å². The zero-order valence-corrected chi connectivity index (χ0v) is 13.2. The van der Waals surface area contributed by atoms with Crippen LogP contribution in [0, 0.1) is 12.8 Å². The Morgan fingerprint density at radius 3 is 2.71 bits per heavy atom. The van der Waals surface area contributed by atoms with Crippen LogP contribution >= 0.6 is 0 Å². The summed E-state index contributed by atoms with van der Waals surface area (Å²) in [6.45, 7) is 5.71. The third kappa shape index (κ3) is 4.40. The summed E-state index contributed by atoms with van der Waals surface area (Å²) < 4.78 is 0. The van der Waals surface area contributed by atoms with Crippen molar-refractivity contribution < 1.29 is 0 Å². The molecule has 0 aromatic carbocycles. The number of aromatic nitrogens is 2. The number of piperidine rings is 1. The molecule has 1 aromatic heterocycles. The predicted molar refractivity (Wildman–Crippen MR) is 86.4 cm³/mol. The molecular formula is C17H28N4. The zero-order chi connectivity index (χ0) is 14.5. The lowest BCUT2D eigenvalue weighted by molar-refractivity contribution is 0.166. The minimum Gasteiger partial charge on any atom is -0.365 e. The third-order valence-electron chi connectivity index (χ3n) is 4.90. The van der Waals surface area contributed by atoms with Crippen molar-refractivity contribution >= 4 is 5.82 Å². The predicted octanol–water partition coefficient (Wildman–Crippen LogP) is 3.24. The number of aryl methyl sites for hydroxylation is 1. The van der Waals surface area contributed by atoms with Crippen LogP contribution in [0.4, 0.5) is 5.82 Å². The highest BCUT2D eigenvalue weighted by Gasteiger charge is 2.23. The Balaban J connectivity index is 1.49. The number of anilines is 1. The maximum Gasteiger partial charge on any atom is 0.148 e. The van der Waals surface area contributed by atoms with Crippen LogP contribution < -0.4 is 5.32 Å². The molecule has 4 heteroatoms. The first-order valence-corrected chi connectivity index (χ1v) is 8.59. The van der Waals surface area contributed by atoms with Crippen LogP contribution in [0.25, 0.3) is 0 Å². The fourth-order valence-corrected chi connectivity index (χ4v) is 3.76. The van der Waals surface area contributed by atoms with E-state index in [-0.39, 0.29) is 0 Å². The minimum atomic E-state index is 0.527. The molecule has 1 atom stereocenters. The van der Waals surface area contributed by atoms with Crippen LogP contribution in [0.15, 0.2) is 12.1 Å². The number of hydrogen-bond acceptors (Lipinski definition) is 4. The summed E-state index contributed by atoms with van der Waals surface area (Å²) >= 11 is 0. The molecule has 0 spiro atoms. The molecule has 0 radical (unpaired) electrons. The maximum atomic E-state index is 4.23. The SMILES string of the molecule is Cc1ccc(N[C@H]2CCCN(CC3CCCCC3)C2)nn1. The van der Waals surface area contributed by atoms with Crippen LogP contribution in [-0.2, 0) is 0 Å². The smallest absolute Gasteiger partial charge is 0.148 e. The summed E-state index contributed by atoms with van der Waals surface area (Å²) in [5, 5.41) is 11.9. The normalized spacial score (nSPS) is 24.9. The average molecular weight is 288 g/mol. The maximum absolute atomic E-state index is 4.23. The molecule has 0 bridgehead atoms. The Kier molecular flexibility index (Phi) is 5.07. The van der Waals surface area contributed by atoms with E-state index in [0.717, 1.165) is 24.0 Å². The van der Waals surface area contributed by atoms with E-state index >= 15 is 0 Å². The highest BCUT2D eigenvalue weighted by molar-refractivity contribution is 5.34. The third-order valence-corrected chi connectivity index (χ3v) is 4.90. The van der Waals surface area contributed by atoms with E-state index in [1.165, 1.54) is 58.0 Å². The van der Waals surface area contributed by atoms with Crippen molar-refractivity contribution in [3.05, 3.63) is 17.8 Å². The van der Waals surface area contributed by atoms with E-state index in [2.05, 4.69) is 20.4 Å². The lowest BCUT2D eigenvalue weighted by Gasteiger charge is -2.36. The van der Waals surface area contributed by atoms with Gasteiger partial charge < -0.3 is 10.2 Å². The largest absolute Gasteiger partial charge is 0.365 e. The van der Waals surface area contributed by atoms with Crippen LogP contribution in [0.1, 0.15) is 50.6 Å². The molecule has 3 rings (SSSR count). The standard InChI is InChI=1S/C17H28N4/c1-14-9-10-17(20-19-14)18-16-8-5-11-21(13-16)12-15-6-3-2-4-7-15/h9-10,15-16H,2-8,11-13H2,1H3,(H,18,20)/t16-/m0/s1.